The van der Waals surface area contributed by atoms with Crippen LogP contribution in [0.3, 0.4) is 0 Å². The maximum absolute atomic E-state index is 11.3. The van der Waals surface area contributed by atoms with Gasteiger partial charge in [-0.2, -0.15) is 0 Å². The predicted molar refractivity (Wildman–Crippen MR) is 69.8 cm³/mol. The summed E-state index contributed by atoms with van der Waals surface area (Å²) in [6.45, 7) is 9.33. The summed E-state index contributed by atoms with van der Waals surface area (Å²) in [5.74, 6) is 0. The smallest absolute Gasteiger partial charge is 0.407 e. The van der Waals surface area contributed by atoms with Crippen LogP contribution in [-0.4, -0.2) is 58.3 Å². The van der Waals surface area contributed by atoms with Crippen LogP contribution in [0.2, 0.25) is 0 Å². The van der Waals surface area contributed by atoms with Crippen LogP contribution in [-0.2, 0) is 14.2 Å². The van der Waals surface area contributed by atoms with Gasteiger partial charge in [-0.05, 0) is 20.8 Å². The number of carbonyl (C=O) groups excluding carboxylic acids is 1. The van der Waals surface area contributed by atoms with Crippen molar-refractivity contribution in [2.24, 2.45) is 0 Å². The van der Waals surface area contributed by atoms with Gasteiger partial charge >= 0.3 is 6.09 Å². The van der Waals surface area contributed by atoms with E-state index < -0.39 is 5.60 Å². The summed E-state index contributed by atoms with van der Waals surface area (Å²) in [6.07, 6.45) is -0.388. The maximum Gasteiger partial charge on any atom is 0.407 e. The molecule has 0 saturated heterocycles. The minimum atomic E-state index is -0.452. The molecular formula is C12H26N2O4. The van der Waals surface area contributed by atoms with Crippen LogP contribution >= 0.6 is 0 Å². The van der Waals surface area contributed by atoms with Crippen LogP contribution < -0.4 is 10.6 Å². The molecule has 0 aromatic heterocycles. The number of carbonyl (C=O) groups is 1. The van der Waals surface area contributed by atoms with Gasteiger partial charge in [0.05, 0.1) is 19.8 Å². The molecule has 0 aliphatic rings. The number of alkyl carbamates (subject to hydrolysis) is 1. The van der Waals surface area contributed by atoms with Crippen LogP contribution in [0.15, 0.2) is 0 Å². The summed E-state index contributed by atoms with van der Waals surface area (Å²) < 4.78 is 15.2. The Bertz CT molecular complexity index is 217. The van der Waals surface area contributed by atoms with Crippen molar-refractivity contribution in [1.29, 1.82) is 0 Å². The van der Waals surface area contributed by atoms with Gasteiger partial charge in [-0.25, -0.2) is 4.79 Å². The van der Waals surface area contributed by atoms with Crippen LogP contribution in [0.5, 0.6) is 0 Å². The lowest BCUT2D eigenvalue weighted by Gasteiger charge is -2.19. The van der Waals surface area contributed by atoms with E-state index in [0.717, 1.165) is 6.54 Å². The first kappa shape index (κ1) is 17.2. The molecule has 0 unspecified atom stereocenters. The third-order valence-corrected chi connectivity index (χ3v) is 1.82. The van der Waals surface area contributed by atoms with Crippen molar-refractivity contribution in [2.45, 2.75) is 26.4 Å². The molecular weight excluding hydrogens is 236 g/mol. The molecule has 18 heavy (non-hydrogen) atoms. The Labute approximate surface area is 109 Å². The summed E-state index contributed by atoms with van der Waals surface area (Å²) in [6, 6.07) is 0. The highest BCUT2D eigenvalue weighted by molar-refractivity contribution is 5.67. The Hall–Kier alpha value is -0.850. The van der Waals surface area contributed by atoms with Crippen molar-refractivity contribution >= 4 is 6.09 Å². The topological polar surface area (TPSA) is 68.8 Å². The lowest BCUT2D eigenvalue weighted by Crippen LogP contribution is -2.37. The van der Waals surface area contributed by atoms with E-state index in [-0.39, 0.29) is 6.09 Å². The van der Waals surface area contributed by atoms with Crippen LogP contribution in [0.4, 0.5) is 4.79 Å². The van der Waals surface area contributed by atoms with Crippen molar-refractivity contribution in [3.63, 3.8) is 0 Å². The highest BCUT2D eigenvalue weighted by Gasteiger charge is 2.15. The van der Waals surface area contributed by atoms with E-state index in [0.29, 0.717) is 32.9 Å². The molecule has 0 radical (unpaired) electrons. The molecule has 108 valence electrons. The van der Waals surface area contributed by atoms with Crippen molar-refractivity contribution in [3.05, 3.63) is 0 Å². The number of rotatable bonds is 9. The second kappa shape index (κ2) is 10.1. The first-order valence-electron chi connectivity index (χ1n) is 6.20. The van der Waals surface area contributed by atoms with Gasteiger partial charge < -0.3 is 24.8 Å². The zero-order chi connectivity index (χ0) is 13.9. The number of ether oxygens (including phenoxy) is 3. The molecule has 0 heterocycles. The third kappa shape index (κ3) is 13.2. The first-order valence-corrected chi connectivity index (χ1v) is 6.20. The zero-order valence-corrected chi connectivity index (χ0v) is 11.9. The predicted octanol–water partition coefficient (Wildman–Crippen LogP) is 0.764. The quantitative estimate of drug-likeness (QED) is 0.601. The molecule has 1 amide bonds. The largest absolute Gasteiger partial charge is 0.444 e. The fraction of sp³-hybridized carbons (Fsp3) is 0.917. The van der Waals surface area contributed by atoms with Crippen LogP contribution in [0, 0.1) is 0 Å². The molecule has 0 aromatic rings. The van der Waals surface area contributed by atoms with E-state index >= 15 is 0 Å². The Kier molecular flexibility index (Phi) is 9.63. The van der Waals surface area contributed by atoms with Crippen molar-refractivity contribution in [2.75, 3.05) is 46.6 Å². The molecule has 0 spiro atoms. The molecule has 6 heteroatoms. The SMILES string of the molecule is COCCOCCNCCNC(=O)OC(C)(C)C. The van der Waals surface area contributed by atoms with Crippen molar-refractivity contribution < 1.29 is 19.0 Å². The average molecular weight is 262 g/mol. The first-order chi connectivity index (χ1) is 8.45. The minimum absolute atomic E-state index is 0.388. The number of amides is 1. The Balaban J connectivity index is 3.23. The molecule has 2 N–H and O–H groups in total. The van der Waals surface area contributed by atoms with Crippen LogP contribution in [0.1, 0.15) is 20.8 Å². The minimum Gasteiger partial charge on any atom is -0.444 e. The Morgan fingerprint density at radius 2 is 1.78 bits per heavy atom. The molecule has 0 rings (SSSR count). The second-order valence-corrected chi connectivity index (χ2v) is 4.78. The van der Waals surface area contributed by atoms with E-state index in [1.165, 1.54) is 0 Å². The summed E-state index contributed by atoms with van der Waals surface area (Å²) in [5.41, 5.74) is -0.452. The Morgan fingerprint density at radius 3 is 2.39 bits per heavy atom. The van der Waals surface area contributed by atoms with Gasteiger partial charge in [-0.3, -0.25) is 0 Å². The molecule has 0 saturated carbocycles. The monoisotopic (exact) mass is 262 g/mol. The van der Waals surface area contributed by atoms with E-state index in [2.05, 4.69) is 10.6 Å². The maximum atomic E-state index is 11.3. The number of hydrogen-bond donors (Lipinski definition) is 2. The Morgan fingerprint density at radius 1 is 1.06 bits per heavy atom. The van der Waals surface area contributed by atoms with E-state index in [9.17, 15) is 4.79 Å². The zero-order valence-electron chi connectivity index (χ0n) is 11.9. The van der Waals surface area contributed by atoms with Gasteiger partial charge in [0.1, 0.15) is 5.60 Å². The molecule has 6 nitrogen and oxygen atoms in total. The number of hydrogen-bond acceptors (Lipinski definition) is 5. The molecule has 0 aliphatic heterocycles. The van der Waals surface area contributed by atoms with Gasteiger partial charge in [0.25, 0.3) is 0 Å². The van der Waals surface area contributed by atoms with Crippen molar-refractivity contribution in [1.82, 2.24) is 10.6 Å². The van der Waals surface area contributed by atoms with E-state index in [1.807, 2.05) is 20.8 Å². The normalized spacial score (nSPS) is 11.3. The molecule has 0 aromatic carbocycles. The average Bonchev–Trinajstić information content (AvgIpc) is 2.24. The van der Waals surface area contributed by atoms with E-state index in [4.69, 9.17) is 14.2 Å². The summed E-state index contributed by atoms with van der Waals surface area (Å²) in [4.78, 5) is 11.3. The van der Waals surface area contributed by atoms with Gasteiger partial charge in [0.2, 0.25) is 0 Å². The molecule has 0 bridgehead atoms. The fourth-order valence-electron chi connectivity index (χ4n) is 1.08. The standard InChI is InChI=1S/C12H26N2O4/c1-12(2,3)18-11(15)14-6-5-13-7-8-17-10-9-16-4/h13H,5-10H2,1-4H3,(H,14,15). The number of nitrogens with one attached hydrogen (secondary N) is 2. The van der Waals surface area contributed by atoms with Crippen LogP contribution in [0.25, 0.3) is 0 Å². The molecule has 0 atom stereocenters. The van der Waals surface area contributed by atoms with Crippen molar-refractivity contribution in [3.8, 4) is 0 Å². The summed E-state index contributed by atoms with van der Waals surface area (Å²) in [7, 11) is 1.64. The summed E-state index contributed by atoms with van der Waals surface area (Å²) >= 11 is 0. The van der Waals surface area contributed by atoms with Gasteiger partial charge in [0.15, 0.2) is 0 Å². The second-order valence-electron chi connectivity index (χ2n) is 4.78. The molecule has 0 fully saturated rings. The fourth-order valence-corrected chi connectivity index (χ4v) is 1.08. The third-order valence-electron chi connectivity index (χ3n) is 1.82. The molecule has 0 aliphatic carbocycles. The van der Waals surface area contributed by atoms with E-state index in [1.54, 1.807) is 7.11 Å². The van der Waals surface area contributed by atoms with Gasteiger partial charge in [-0.1, -0.05) is 0 Å². The van der Waals surface area contributed by atoms with Gasteiger partial charge in [-0.15, -0.1) is 0 Å². The number of methoxy groups -OCH3 is 1. The van der Waals surface area contributed by atoms with Gasteiger partial charge in [0, 0.05) is 26.7 Å². The summed E-state index contributed by atoms with van der Waals surface area (Å²) in [5, 5.41) is 5.81. The highest BCUT2D eigenvalue weighted by atomic mass is 16.6. The lowest BCUT2D eigenvalue weighted by molar-refractivity contribution is 0.0527. The highest BCUT2D eigenvalue weighted by Crippen LogP contribution is 2.05. The lowest BCUT2D eigenvalue weighted by atomic mass is 10.2.